The highest BCUT2D eigenvalue weighted by molar-refractivity contribution is 7.08. The predicted octanol–water partition coefficient (Wildman–Crippen LogP) is 2.52. The molecule has 1 aromatic heterocycles. The molecule has 7 heteroatoms. The van der Waals surface area contributed by atoms with Crippen LogP contribution < -0.4 is 0 Å². The number of hydrogen-bond donors (Lipinski definition) is 1. The lowest BCUT2D eigenvalue weighted by molar-refractivity contribution is -0.148. The monoisotopic (exact) mass is 311 g/mol. The number of carbonyl (C=O) groups excluding carboxylic acids is 1. The lowest BCUT2D eigenvalue weighted by atomic mass is 9.90. The summed E-state index contributed by atoms with van der Waals surface area (Å²) in [5.74, 6) is -1.04. The Bertz CT molecular complexity index is 543. The molecule has 0 saturated carbocycles. The van der Waals surface area contributed by atoms with Crippen LogP contribution >= 0.6 is 11.5 Å². The molecule has 1 saturated heterocycles. The first kappa shape index (κ1) is 15.9. The van der Waals surface area contributed by atoms with Gasteiger partial charge in [-0.1, -0.05) is 31.7 Å². The van der Waals surface area contributed by atoms with Crippen molar-refractivity contribution in [1.82, 2.24) is 14.5 Å². The Kier molecular flexibility index (Phi) is 4.61. The molecule has 2 heterocycles. The molecule has 1 aliphatic rings. The van der Waals surface area contributed by atoms with Crippen molar-refractivity contribution in [3.63, 3.8) is 0 Å². The molecule has 0 aromatic carbocycles. The van der Waals surface area contributed by atoms with E-state index in [1.54, 1.807) is 0 Å². The maximum absolute atomic E-state index is 12.8. The van der Waals surface area contributed by atoms with Crippen molar-refractivity contribution in [3.05, 3.63) is 10.6 Å². The average Bonchev–Trinajstić information content (AvgIpc) is 3.05. The van der Waals surface area contributed by atoms with E-state index in [9.17, 15) is 14.7 Å². The first-order valence-corrected chi connectivity index (χ1v) is 8.09. The van der Waals surface area contributed by atoms with Crippen LogP contribution in [0.4, 0.5) is 0 Å². The summed E-state index contributed by atoms with van der Waals surface area (Å²) in [7, 11) is 0. The van der Waals surface area contributed by atoms with Crippen molar-refractivity contribution in [2.45, 2.75) is 57.9 Å². The summed E-state index contributed by atoms with van der Waals surface area (Å²) >= 11 is 1.06. The first-order chi connectivity index (χ1) is 9.94. The second-order valence-electron chi connectivity index (χ2n) is 5.79. The number of likely N-dealkylation sites (tertiary alicyclic amines) is 1. The molecule has 1 atom stereocenters. The van der Waals surface area contributed by atoms with Gasteiger partial charge < -0.3 is 10.0 Å². The zero-order chi connectivity index (χ0) is 15.6. The standard InChI is InChI=1S/C14H21N3O3S/c1-4-6-14(13(19)20)7-5-8-17(14)12(18)11-10(9(2)3)15-16-21-11/h9H,4-8H2,1-3H3,(H,19,20). The van der Waals surface area contributed by atoms with Crippen LogP contribution in [0.15, 0.2) is 0 Å². The molecule has 1 unspecified atom stereocenters. The van der Waals surface area contributed by atoms with E-state index >= 15 is 0 Å². The topological polar surface area (TPSA) is 83.4 Å². The third-order valence-electron chi connectivity index (χ3n) is 4.05. The Balaban J connectivity index is 2.37. The minimum Gasteiger partial charge on any atom is -0.479 e. The van der Waals surface area contributed by atoms with Gasteiger partial charge in [-0.3, -0.25) is 4.79 Å². The van der Waals surface area contributed by atoms with Crippen molar-refractivity contribution in [3.8, 4) is 0 Å². The summed E-state index contributed by atoms with van der Waals surface area (Å²) < 4.78 is 3.87. The number of carboxylic acids is 1. The molecule has 0 spiro atoms. The van der Waals surface area contributed by atoms with Crippen molar-refractivity contribution < 1.29 is 14.7 Å². The van der Waals surface area contributed by atoms with Crippen LogP contribution in [0, 0.1) is 0 Å². The number of rotatable bonds is 5. The molecule has 1 aliphatic heterocycles. The largest absolute Gasteiger partial charge is 0.479 e. The van der Waals surface area contributed by atoms with Crippen LogP contribution in [0.25, 0.3) is 0 Å². The average molecular weight is 311 g/mol. The van der Waals surface area contributed by atoms with Gasteiger partial charge in [-0.05, 0) is 36.7 Å². The zero-order valence-corrected chi connectivity index (χ0v) is 13.4. The lowest BCUT2D eigenvalue weighted by Gasteiger charge is -2.34. The van der Waals surface area contributed by atoms with Crippen LogP contribution in [-0.2, 0) is 4.79 Å². The Morgan fingerprint density at radius 2 is 2.19 bits per heavy atom. The summed E-state index contributed by atoms with van der Waals surface area (Å²) in [6.07, 6.45) is 2.46. The summed E-state index contributed by atoms with van der Waals surface area (Å²) in [5, 5.41) is 13.7. The maximum Gasteiger partial charge on any atom is 0.329 e. The van der Waals surface area contributed by atoms with Crippen LogP contribution in [0.5, 0.6) is 0 Å². The second-order valence-corrected chi connectivity index (χ2v) is 6.54. The first-order valence-electron chi connectivity index (χ1n) is 7.31. The van der Waals surface area contributed by atoms with Gasteiger partial charge in [0, 0.05) is 6.54 Å². The van der Waals surface area contributed by atoms with Crippen LogP contribution in [0.3, 0.4) is 0 Å². The van der Waals surface area contributed by atoms with Crippen LogP contribution in [0.1, 0.15) is 67.7 Å². The Morgan fingerprint density at radius 1 is 1.48 bits per heavy atom. The van der Waals surface area contributed by atoms with Gasteiger partial charge in [-0.15, -0.1) is 5.10 Å². The van der Waals surface area contributed by atoms with E-state index in [0.29, 0.717) is 30.0 Å². The summed E-state index contributed by atoms with van der Waals surface area (Å²) in [4.78, 5) is 26.6. The maximum atomic E-state index is 12.8. The van der Waals surface area contributed by atoms with E-state index in [-0.39, 0.29) is 11.8 Å². The molecule has 6 nitrogen and oxygen atoms in total. The van der Waals surface area contributed by atoms with E-state index in [1.165, 1.54) is 4.90 Å². The lowest BCUT2D eigenvalue weighted by Crippen LogP contribution is -2.53. The molecule has 0 bridgehead atoms. The molecule has 1 fully saturated rings. The fourth-order valence-electron chi connectivity index (χ4n) is 3.02. The summed E-state index contributed by atoms with van der Waals surface area (Å²) in [6, 6.07) is 0. The van der Waals surface area contributed by atoms with Crippen molar-refractivity contribution >= 4 is 23.4 Å². The number of carbonyl (C=O) groups is 2. The summed E-state index contributed by atoms with van der Waals surface area (Å²) in [6.45, 7) is 6.34. The van der Waals surface area contributed by atoms with E-state index in [0.717, 1.165) is 24.4 Å². The smallest absolute Gasteiger partial charge is 0.329 e. The summed E-state index contributed by atoms with van der Waals surface area (Å²) in [5.41, 5.74) is -0.406. The zero-order valence-electron chi connectivity index (χ0n) is 12.6. The Hall–Kier alpha value is -1.50. The van der Waals surface area contributed by atoms with Crippen molar-refractivity contribution in [2.24, 2.45) is 0 Å². The number of amides is 1. The van der Waals surface area contributed by atoms with Gasteiger partial charge in [0.15, 0.2) is 0 Å². The minimum absolute atomic E-state index is 0.0932. The fourth-order valence-corrected chi connectivity index (χ4v) is 3.79. The molecule has 2 rings (SSSR count). The van der Waals surface area contributed by atoms with E-state index in [1.807, 2.05) is 20.8 Å². The normalized spacial score (nSPS) is 22.0. The third-order valence-corrected chi connectivity index (χ3v) is 4.78. The third kappa shape index (κ3) is 2.66. The molecule has 0 aliphatic carbocycles. The number of hydrogen-bond acceptors (Lipinski definition) is 5. The molecule has 1 aromatic rings. The number of aromatic nitrogens is 2. The quantitative estimate of drug-likeness (QED) is 0.903. The molecular formula is C14H21N3O3S. The molecule has 1 amide bonds. The van der Waals surface area contributed by atoms with E-state index in [4.69, 9.17) is 0 Å². The fraction of sp³-hybridized carbons (Fsp3) is 0.714. The number of carboxylic acid groups (broad SMARTS) is 1. The number of aliphatic carboxylic acids is 1. The molecular weight excluding hydrogens is 290 g/mol. The van der Waals surface area contributed by atoms with Gasteiger partial charge in [0.05, 0.1) is 5.69 Å². The SMILES string of the molecule is CCCC1(C(=O)O)CCCN1C(=O)c1snnc1C(C)C. The minimum atomic E-state index is -1.07. The van der Waals surface area contributed by atoms with Gasteiger partial charge in [0.1, 0.15) is 10.4 Å². The number of nitrogens with zero attached hydrogens (tertiary/aromatic N) is 3. The Morgan fingerprint density at radius 3 is 2.76 bits per heavy atom. The Labute approximate surface area is 128 Å². The highest BCUT2D eigenvalue weighted by atomic mass is 32.1. The van der Waals surface area contributed by atoms with Crippen LogP contribution in [-0.4, -0.2) is 43.6 Å². The molecule has 21 heavy (non-hydrogen) atoms. The van der Waals surface area contributed by atoms with Gasteiger partial charge in [0.2, 0.25) is 0 Å². The molecule has 1 N–H and O–H groups in total. The van der Waals surface area contributed by atoms with E-state index in [2.05, 4.69) is 9.59 Å². The molecule has 116 valence electrons. The van der Waals surface area contributed by atoms with Gasteiger partial charge in [-0.25, -0.2) is 4.79 Å². The highest BCUT2D eigenvalue weighted by Crippen LogP contribution is 2.36. The molecule has 0 radical (unpaired) electrons. The van der Waals surface area contributed by atoms with Gasteiger partial charge >= 0.3 is 5.97 Å². The van der Waals surface area contributed by atoms with Gasteiger partial charge in [0.25, 0.3) is 5.91 Å². The second kappa shape index (κ2) is 6.09. The van der Waals surface area contributed by atoms with Crippen LogP contribution in [0.2, 0.25) is 0 Å². The predicted molar refractivity (Wildman–Crippen MR) is 79.5 cm³/mol. The van der Waals surface area contributed by atoms with E-state index < -0.39 is 11.5 Å². The highest BCUT2D eigenvalue weighted by Gasteiger charge is 2.50. The van der Waals surface area contributed by atoms with Gasteiger partial charge in [-0.2, -0.15) is 0 Å². The van der Waals surface area contributed by atoms with Crippen molar-refractivity contribution in [1.29, 1.82) is 0 Å². The van der Waals surface area contributed by atoms with Crippen molar-refractivity contribution in [2.75, 3.05) is 6.54 Å².